The van der Waals surface area contributed by atoms with E-state index in [1.54, 1.807) is 23.5 Å². The summed E-state index contributed by atoms with van der Waals surface area (Å²) in [5.41, 5.74) is 8.00. The first-order valence-corrected chi connectivity index (χ1v) is 6.94. The van der Waals surface area contributed by atoms with E-state index in [1.165, 1.54) is 6.07 Å². The molecule has 2 rings (SSSR count). The Morgan fingerprint density at radius 2 is 2.12 bits per heavy atom. The molecule has 1 atom stereocenters. The molecule has 0 saturated heterocycles. The minimum Gasteiger partial charge on any atom is -0.320 e. The predicted octanol–water partition coefficient (Wildman–Crippen LogP) is 4.66. The fourth-order valence-corrected chi connectivity index (χ4v) is 3.60. The van der Waals surface area contributed by atoms with Crippen molar-refractivity contribution in [2.45, 2.75) is 13.0 Å². The molecule has 0 amide bonds. The predicted molar refractivity (Wildman–Crippen MR) is 74.2 cm³/mol. The highest BCUT2D eigenvalue weighted by molar-refractivity contribution is 9.11. The number of aryl methyl sites for hydroxylation is 1. The van der Waals surface area contributed by atoms with Crippen molar-refractivity contribution in [3.63, 3.8) is 0 Å². The molecule has 0 saturated carbocycles. The maximum atomic E-state index is 13.1. The number of nitrogens with two attached hydrogens (primary N) is 1. The molecule has 1 unspecified atom stereocenters. The fraction of sp³-hybridized carbons (Fsp3) is 0.167. The second-order valence-electron chi connectivity index (χ2n) is 3.71. The van der Waals surface area contributed by atoms with Gasteiger partial charge in [-0.25, -0.2) is 4.39 Å². The maximum Gasteiger partial charge on any atom is 0.141 e. The van der Waals surface area contributed by atoms with Gasteiger partial charge in [0.05, 0.1) is 14.9 Å². The van der Waals surface area contributed by atoms with E-state index in [0.717, 1.165) is 19.8 Å². The molecule has 0 spiro atoms. The topological polar surface area (TPSA) is 26.0 Å². The van der Waals surface area contributed by atoms with E-state index < -0.39 is 5.82 Å². The molecule has 5 heteroatoms. The van der Waals surface area contributed by atoms with Gasteiger partial charge in [0.25, 0.3) is 0 Å². The number of hydrogen-bond donors (Lipinski definition) is 1. The van der Waals surface area contributed by atoms with E-state index in [1.807, 2.05) is 13.0 Å². The molecule has 2 aromatic rings. The molecule has 1 aromatic heterocycles. The molecule has 0 aliphatic rings. The van der Waals surface area contributed by atoms with E-state index >= 15 is 0 Å². The minimum atomic E-state index is -0.425. The van der Waals surface area contributed by atoms with E-state index in [-0.39, 0.29) is 11.1 Å². The normalized spacial score (nSPS) is 12.8. The van der Waals surface area contributed by atoms with Crippen molar-refractivity contribution in [1.82, 2.24) is 0 Å². The second kappa shape index (κ2) is 5.06. The summed E-state index contributed by atoms with van der Waals surface area (Å²) in [5.74, 6) is -0.425. The third-order valence-electron chi connectivity index (χ3n) is 2.56. The summed E-state index contributed by atoms with van der Waals surface area (Å²) in [6, 6.07) is 6.29. The summed E-state index contributed by atoms with van der Waals surface area (Å²) < 4.78 is 14.1. The summed E-state index contributed by atoms with van der Waals surface area (Å²) in [4.78, 5) is 1.14. The summed E-state index contributed by atoms with van der Waals surface area (Å²) in [6.45, 7) is 2.01. The average Bonchev–Trinajstić information content (AvgIpc) is 2.61. The number of rotatable bonds is 2. The number of thiophene rings is 1. The zero-order valence-corrected chi connectivity index (χ0v) is 12.2. The lowest BCUT2D eigenvalue weighted by atomic mass is 10.0. The first kappa shape index (κ1) is 13.0. The van der Waals surface area contributed by atoms with Gasteiger partial charge in [-0.3, -0.25) is 0 Å². The van der Waals surface area contributed by atoms with Gasteiger partial charge in [-0.05, 0) is 52.2 Å². The van der Waals surface area contributed by atoms with E-state index in [0.29, 0.717) is 0 Å². The van der Waals surface area contributed by atoms with Gasteiger partial charge in [0.2, 0.25) is 0 Å². The Kier molecular flexibility index (Phi) is 3.88. The van der Waals surface area contributed by atoms with Crippen molar-refractivity contribution in [1.29, 1.82) is 0 Å². The van der Waals surface area contributed by atoms with Crippen molar-refractivity contribution in [3.05, 3.63) is 54.9 Å². The van der Waals surface area contributed by atoms with Crippen molar-refractivity contribution in [2.75, 3.05) is 0 Å². The van der Waals surface area contributed by atoms with Crippen LogP contribution in [-0.4, -0.2) is 0 Å². The first-order chi connectivity index (χ1) is 7.99. The van der Waals surface area contributed by atoms with E-state index in [4.69, 9.17) is 17.3 Å². The third kappa shape index (κ3) is 2.71. The van der Waals surface area contributed by atoms with Crippen LogP contribution in [0.3, 0.4) is 0 Å². The Labute approximate surface area is 117 Å². The molecule has 1 nitrogen and oxygen atoms in total. The van der Waals surface area contributed by atoms with Crippen LogP contribution in [0.5, 0.6) is 0 Å². The van der Waals surface area contributed by atoms with Gasteiger partial charge >= 0.3 is 0 Å². The van der Waals surface area contributed by atoms with Gasteiger partial charge in [0.1, 0.15) is 5.82 Å². The number of halogens is 3. The van der Waals surface area contributed by atoms with Crippen molar-refractivity contribution < 1.29 is 4.39 Å². The van der Waals surface area contributed by atoms with Crippen LogP contribution in [0.2, 0.25) is 5.02 Å². The molecule has 1 heterocycles. The molecular formula is C12H10BrClFNS. The quantitative estimate of drug-likeness (QED) is 0.849. The second-order valence-corrected chi connectivity index (χ2v) is 6.76. The highest BCUT2D eigenvalue weighted by Crippen LogP contribution is 2.33. The molecule has 0 radical (unpaired) electrons. The van der Waals surface area contributed by atoms with Crippen LogP contribution in [0.1, 0.15) is 22.0 Å². The highest BCUT2D eigenvalue weighted by atomic mass is 79.9. The SMILES string of the molecule is Cc1sc(Br)cc1C(N)c1ccc(F)c(Cl)c1. The van der Waals surface area contributed by atoms with E-state index in [9.17, 15) is 4.39 Å². The molecule has 0 bridgehead atoms. The minimum absolute atomic E-state index is 0.102. The lowest BCUT2D eigenvalue weighted by Crippen LogP contribution is -2.12. The van der Waals surface area contributed by atoms with Gasteiger partial charge < -0.3 is 5.73 Å². The first-order valence-electron chi connectivity index (χ1n) is 4.95. The van der Waals surface area contributed by atoms with Crippen LogP contribution in [0.25, 0.3) is 0 Å². The number of hydrogen-bond acceptors (Lipinski definition) is 2. The van der Waals surface area contributed by atoms with Crippen molar-refractivity contribution >= 4 is 38.9 Å². The van der Waals surface area contributed by atoms with Crippen LogP contribution in [0.15, 0.2) is 28.1 Å². The standard InChI is InChI=1S/C12H10BrClFNS/c1-6-8(5-11(13)17-6)12(16)7-2-3-10(15)9(14)4-7/h2-5,12H,16H2,1H3. The highest BCUT2D eigenvalue weighted by Gasteiger charge is 2.15. The fourth-order valence-electron chi connectivity index (χ4n) is 1.65. The van der Waals surface area contributed by atoms with Gasteiger partial charge in [0.15, 0.2) is 0 Å². The monoisotopic (exact) mass is 333 g/mol. The lowest BCUT2D eigenvalue weighted by molar-refractivity contribution is 0.627. The Morgan fingerprint density at radius 3 is 2.65 bits per heavy atom. The summed E-state index contributed by atoms with van der Waals surface area (Å²) in [6.07, 6.45) is 0. The molecule has 0 aliphatic carbocycles. The van der Waals surface area contributed by atoms with Crippen molar-refractivity contribution in [2.24, 2.45) is 5.73 Å². The molecular weight excluding hydrogens is 325 g/mol. The Bertz CT molecular complexity index is 555. The Balaban J connectivity index is 2.40. The van der Waals surface area contributed by atoms with Crippen LogP contribution in [-0.2, 0) is 0 Å². The average molecular weight is 335 g/mol. The zero-order valence-electron chi connectivity index (χ0n) is 9.01. The van der Waals surface area contributed by atoms with Crippen LogP contribution >= 0.6 is 38.9 Å². The molecule has 0 fully saturated rings. The summed E-state index contributed by atoms with van der Waals surface area (Å²) >= 11 is 10.8. The summed E-state index contributed by atoms with van der Waals surface area (Å²) in [5, 5.41) is 0.102. The summed E-state index contributed by atoms with van der Waals surface area (Å²) in [7, 11) is 0. The van der Waals surface area contributed by atoms with Crippen LogP contribution in [0, 0.1) is 12.7 Å². The van der Waals surface area contributed by atoms with Gasteiger partial charge in [-0.2, -0.15) is 0 Å². The molecule has 1 aromatic carbocycles. The smallest absolute Gasteiger partial charge is 0.141 e. The molecule has 0 aliphatic heterocycles. The Hall–Kier alpha value is -0.420. The van der Waals surface area contributed by atoms with Gasteiger partial charge in [-0.1, -0.05) is 17.7 Å². The Morgan fingerprint density at radius 1 is 1.41 bits per heavy atom. The molecule has 90 valence electrons. The number of benzene rings is 1. The van der Waals surface area contributed by atoms with Crippen molar-refractivity contribution in [3.8, 4) is 0 Å². The third-order valence-corrected chi connectivity index (χ3v) is 4.42. The lowest BCUT2D eigenvalue weighted by Gasteiger charge is -2.12. The van der Waals surface area contributed by atoms with E-state index in [2.05, 4.69) is 15.9 Å². The van der Waals surface area contributed by atoms with Gasteiger partial charge in [0, 0.05) is 4.88 Å². The van der Waals surface area contributed by atoms with Crippen LogP contribution in [0.4, 0.5) is 4.39 Å². The van der Waals surface area contributed by atoms with Gasteiger partial charge in [-0.15, -0.1) is 11.3 Å². The molecule has 17 heavy (non-hydrogen) atoms. The zero-order chi connectivity index (χ0) is 12.6. The van der Waals surface area contributed by atoms with Crippen LogP contribution < -0.4 is 5.73 Å². The molecule has 2 N–H and O–H groups in total. The maximum absolute atomic E-state index is 13.1. The largest absolute Gasteiger partial charge is 0.320 e.